The summed E-state index contributed by atoms with van der Waals surface area (Å²) in [6.45, 7) is 1.53. The summed E-state index contributed by atoms with van der Waals surface area (Å²) in [5.74, 6) is 0.316. The number of aromatic nitrogens is 2. The summed E-state index contributed by atoms with van der Waals surface area (Å²) >= 11 is 5.55. The lowest BCUT2D eigenvalue weighted by Gasteiger charge is -2.04. The largest absolute Gasteiger partial charge is 0.433 e. The third kappa shape index (κ3) is 2.58. The maximum atomic E-state index is 8.94. The average Bonchev–Trinajstić information content (AvgIpc) is 2.07. The number of hydrogen-bond donors (Lipinski definition) is 2. The molecule has 1 rings (SSSR count). The van der Waals surface area contributed by atoms with E-state index in [2.05, 4.69) is 15.2 Å². The number of nitrogens with zero attached hydrogens (tertiary/aromatic N) is 3. The van der Waals surface area contributed by atoms with E-state index < -0.39 is 7.05 Å². The molecule has 0 amide bonds. The minimum absolute atomic E-state index is 0.0346. The molecule has 0 aromatic carbocycles. The van der Waals surface area contributed by atoms with Crippen molar-refractivity contribution in [2.45, 2.75) is 6.82 Å². The van der Waals surface area contributed by atoms with Gasteiger partial charge in [0.15, 0.2) is 10.8 Å². The van der Waals surface area contributed by atoms with E-state index in [0.29, 0.717) is 5.82 Å². The van der Waals surface area contributed by atoms with Crippen molar-refractivity contribution in [3.05, 3.63) is 17.0 Å². The van der Waals surface area contributed by atoms with Gasteiger partial charge in [-0.2, -0.15) is 5.26 Å². The highest BCUT2D eigenvalue weighted by atomic mass is 35.5. The number of anilines is 1. The van der Waals surface area contributed by atoms with Crippen LogP contribution in [0.3, 0.4) is 0 Å². The first kappa shape index (κ1) is 9.77. The molecule has 0 fully saturated rings. The van der Waals surface area contributed by atoms with Crippen molar-refractivity contribution < 1.29 is 5.02 Å². The van der Waals surface area contributed by atoms with E-state index in [9.17, 15) is 0 Å². The molecule has 66 valence electrons. The quantitative estimate of drug-likeness (QED) is 0.674. The molecule has 0 spiro atoms. The first-order chi connectivity index (χ1) is 6.13. The van der Waals surface area contributed by atoms with Crippen molar-refractivity contribution in [2.75, 3.05) is 5.23 Å². The fraction of sp³-hybridized carbons (Fsp3) is 0.167. The number of nitrogens with one attached hydrogen (secondary N) is 1. The molecule has 0 saturated heterocycles. The zero-order valence-electron chi connectivity index (χ0n) is 6.82. The summed E-state index contributed by atoms with van der Waals surface area (Å²) in [4.78, 5) is 7.51. The van der Waals surface area contributed by atoms with Crippen molar-refractivity contribution >= 4 is 24.5 Å². The van der Waals surface area contributed by atoms with Gasteiger partial charge < -0.3 is 10.3 Å². The highest BCUT2D eigenvalue weighted by molar-refractivity contribution is 6.52. The number of rotatable bonds is 2. The van der Waals surface area contributed by atoms with Crippen molar-refractivity contribution in [1.82, 2.24) is 9.97 Å². The van der Waals surface area contributed by atoms with Crippen molar-refractivity contribution in [3.8, 4) is 6.07 Å². The summed E-state index contributed by atoms with van der Waals surface area (Å²) in [7, 11) is -0.748. The topological polar surface area (TPSA) is 81.8 Å². The monoisotopic (exact) mass is 196 g/mol. The molecule has 0 radical (unpaired) electrons. The van der Waals surface area contributed by atoms with Gasteiger partial charge in [-0.15, -0.1) is 0 Å². The fourth-order valence-electron chi connectivity index (χ4n) is 0.729. The van der Waals surface area contributed by atoms with E-state index in [0.717, 1.165) is 0 Å². The first-order valence-corrected chi connectivity index (χ1v) is 3.88. The van der Waals surface area contributed by atoms with Crippen molar-refractivity contribution in [3.63, 3.8) is 0 Å². The average molecular weight is 196 g/mol. The Bertz CT molecular complexity index is 351. The van der Waals surface area contributed by atoms with Crippen LogP contribution in [-0.4, -0.2) is 22.0 Å². The molecule has 1 aromatic rings. The highest BCUT2D eigenvalue weighted by Gasteiger charge is 2.07. The van der Waals surface area contributed by atoms with Crippen LogP contribution >= 0.6 is 11.6 Å². The van der Waals surface area contributed by atoms with Crippen LogP contribution in [0.5, 0.6) is 0 Å². The minimum Gasteiger partial charge on any atom is -0.433 e. The van der Waals surface area contributed by atoms with Crippen LogP contribution < -0.4 is 5.23 Å². The normalized spacial score (nSPS) is 9.08. The Morgan fingerprint density at radius 3 is 3.00 bits per heavy atom. The molecule has 2 N–H and O–H groups in total. The van der Waals surface area contributed by atoms with Crippen LogP contribution in [0.2, 0.25) is 12.0 Å². The number of hydrogen-bond acceptors (Lipinski definition) is 5. The Morgan fingerprint density at radius 1 is 1.77 bits per heavy atom. The van der Waals surface area contributed by atoms with Gasteiger partial charge in [0.2, 0.25) is 0 Å². The maximum absolute atomic E-state index is 8.94. The number of nitriles is 1. The molecule has 0 saturated carbocycles. The molecule has 0 aliphatic carbocycles. The van der Waals surface area contributed by atoms with Gasteiger partial charge in [0.05, 0.1) is 6.20 Å². The molecular formula is C6H6BClN4O. The summed E-state index contributed by atoms with van der Waals surface area (Å²) < 4.78 is 0. The minimum atomic E-state index is -0.748. The van der Waals surface area contributed by atoms with E-state index in [4.69, 9.17) is 21.9 Å². The second-order valence-corrected chi connectivity index (χ2v) is 2.68. The van der Waals surface area contributed by atoms with E-state index >= 15 is 0 Å². The molecule has 0 bridgehead atoms. The standard InChI is InChI=1S/C6H6BClN4O/c1-7(13)12-5-3-10-6(8)4(2-9)11-5/h3,13H,1H3,(H,11,12). The molecule has 1 aromatic heterocycles. The molecule has 5 nitrogen and oxygen atoms in total. The fourth-order valence-corrected chi connectivity index (χ4v) is 0.862. The van der Waals surface area contributed by atoms with Gasteiger partial charge in [-0.25, -0.2) is 9.97 Å². The molecule has 0 atom stereocenters. The van der Waals surface area contributed by atoms with E-state index in [1.807, 2.05) is 0 Å². The van der Waals surface area contributed by atoms with Crippen LogP contribution in [0.15, 0.2) is 6.20 Å². The Hall–Kier alpha value is -1.32. The van der Waals surface area contributed by atoms with Gasteiger partial charge in [0.25, 0.3) is 0 Å². The summed E-state index contributed by atoms with van der Waals surface area (Å²) in [5.41, 5.74) is 0.0346. The van der Waals surface area contributed by atoms with Gasteiger partial charge >= 0.3 is 7.05 Å². The summed E-state index contributed by atoms with van der Waals surface area (Å²) in [6, 6.07) is 1.78. The van der Waals surface area contributed by atoms with Gasteiger partial charge in [0, 0.05) is 0 Å². The molecule has 0 unspecified atom stereocenters. The van der Waals surface area contributed by atoms with Crippen LogP contribution in [-0.2, 0) is 0 Å². The second-order valence-electron chi connectivity index (χ2n) is 2.33. The molecule has 0 aliphatic rings. The SMILES string of the molecule is CB(O)Nc1cnc(Cl)c(C#N)n1. The van der Waals surface area contributed by atoms with Gasteiger partial charge in [-0.1, -0.05) is 11.6 Å². The van der Waals surface area contributed by atoms with Crippen molar-refractivity contribution in [2.24, 2.45) is 0 Å². The molecular weight excluding hydrogens is 190 g/mol. The van der Waals surface area contributed by atoms with Gasteiger partial charge in [-0.3, -0.25) is 0 Å². The summed E-state index contributed by atoms with van der Waals surface area (Å²) in [5, 5.41) is 20.1. The molecule has 0 aliphatic heterocycles. The highest BCUT2D eigenvalue weighted by Crippen LogP contribution is 2.11. The molecule has 7 heteroatoms. The Labute approximate surface area is 80.5 Å². The first-order valence-electron chi connectivity index (χ1n) is 3.50. The zero-order chi connectivity index (χ0) is 9.84. The Kier molecular flexibility index (Phi) is 3.06. The van der Waals surface area contributed by atoms with Crippen LogP contribution in [0.4, 0.5) is 5.82 Å². The van der Waals surface area contributed by atoms with Crippen LogP contribution in [0, 0.1) is 11.3 Å². The van der Waals surface area contributed by atoms with Crippen LogP contribution in [0.25, 0.3) is 0 Å². The van der Waals surface area contributed by atoms with E-state index in [1.54, 1.807) is 6.07 Å². The van der Waals surface area contributed by atoms with E-state index in [-0.39, 0.29) is 10.8 Å². The predicted octanol–water partition coefficient (Wildman–Crippen LogP) is 0.524. The molecule has 13 heavy (non-hydrogen) atoms. The zero-order valence-corrected chi connectivity index (χ0v) is 7.58. The maximum Gasteiger partial charge on any atom is 0.408 e. The van der Waals surface area contributed by atoms with Crippen molar-refractivity contribution in [1.29, 1.82) is 5.26 Å². The molecule has 1 heterocycles. The summed E-state index contributed by atoms with van der Waals surface area (Å²) in [6.07, 6.45) is 1.34. The predicted molar refractivity (Wildman–Crippen MR) is 49.2 cm³/mol. The lowest BCUT2D eigenvalue weighted by atomic mass is 9.89. The van der Waals surface area contributed by atoms with E-state index in [1.165, 1.54) is 13.0 Å². The number of halogens is 1. The van der Waals surface area contributed by atoms with Gasteiger partial charge in [-0.05, 0) is 6.82 Å². The van der Waals surface area contributed by atoms with Gasteiger partial charge in [0.1, 0.15) is 11.9 Å². The third-order valence-electron chi connectivity index (χ3n) is 1.19. The van der Waals surface area contributed by atoms with Crippen LogP contribution in [0.1, 0.15) is 5.69 Å². The third-order valence-corrected chi connectivity index (χ3v) is 1.47. The smallest absolute Gasteiger partial charge is 0.408 e. The lowest BCUT2D eigenvalue weighted by molar-refractivity contribution is 0.586. The Morgan fingerprint density at radius 2 is 2.46 bits per heavy atom. The lowest BCUT2D eigenvalue weighted by Crippen LogP contribution is -2.20. The Balaban J connectivity index is 2.95. The second kappa shape index (κ2) is 4.07.